The van der Waals surface area contributed by atoms with Crippen LogP contribution < -0.4 is 0 Å². The Morgan fingerprint density at radius 1 is 1.36 bits per heavy atom. The van der Waals surface area contributed by atoms with Gasteiger partial charge >= 0.3 is 0 Å². The van der Waals surface area contributed by atoms with Gasteiger partial charge in [0.2, 0.25) is 0 Å². The minimum atomic E-state index is 0.720. The molecule has 0 radical (unpaired) electrons. The highest BCUT2D eigenvalue weighted by atomic mass is 15.2. The number of rotatable bonds is 7. The maximum Gasteiger partial charge on any atom is 0.158 e. The summed E-state index contributed by atoms with van der Waals surface area (Å²) in [5, 5.41) is 0. The smallest absolute Gasteiger partial charge is 0.158 e. The van der Waals surface area contributed by atoms with Gasteiger partial charge in [0.05, 0.1) is 6.20 Å². The van der Waals surface area contributed by atoms with Crippen molar-refractivity contribution in [2.24, 2.45) is 0 Å². The molecule has 1 N–H and O–H groups in total. The number of hydrogen-bond acceptors (Lipinski definition) is 3. The number of nitrogens with zero attached hydrogens (tertiary/aromatic N) is 4. The maximum atomic E-state index is 4.52. The van der Waals surface area contributed by atoms with Gasteiger partial charge < -0.3 is 14.5 Å². The summed E-state index contributed by atoms with van der Waals surface area (Å²) in [7, 11) is 2.24. The van der Waals surface area contributed by atoms with Crippen LogP contribution in [-0.2, 0) is 13.0 Å². The summed E-state index contributed by atoms with van der Waals surface area (Å²) in [6.45, 7) is 4.47. The molecule has 120 valence electrons. The van der Waals surface area contributed by atoms with Crippen molar-refractivity contribution in [1.82, 2.24) is 24.4 Å². The van der Waals surface area contributed by atoms with E-state index in [-0.39, 0.29) is 0 Å². The molecule has 2 aromatic rings. The molecule has 3 rings (SSSR count). The molecule has 1 aliphatic heterocycles. The van der Waals surface area contributed by atoms with Crippen molar-refractivity contribution in [1.29, 1.82) is 0 Å². The Balaban J connectivity index is 1.65. The van der Waals surface area contributed by atoms with Crippen molar-refractivity contribution in [2.45, 2.75) is 58.0 Å². The molecular formula is C17H27N5. The maximum absolute atomic E-state index is 4.52. The summed E-state index contributed by atoms with van der Waals surface area (Å²) in [6, 6.07) is 0.720. The molecule has 1 saturated heterocycles. The second-order valence-electron chi connectivity index (χ2n) is 6.36. The molecule has 0 saturated carbocycles. The Morgan fingerprint density at radius 3 is 3.05 bits per heavy atom. The molecule has 0 amide bonds. The molecule has 1 aliphatic rings. The van der Waals surface area contributed by atoms with E-state index < -0.39 is 0 Å². The van der Waals surface area contributed by atoms with Crippen LogP contribution in [0.3, 0.4) is 0 Å². The normalized spacial score (nSPS) is 19.1. The second kappa shape index (κ2) is 7.09. The highest BCUT2D eigenvalue weighted by Crippen LogP contribution is 2.21. The van der Waals surface area contributed by atoms with E-state index in [1.807, 2.05) is 12.4 Å². The minimum absolute atomic E-state index is 0.720. The Hall–Kier alpha value is -1.62. The largest absolute Gasteiger partial charge is 0.339 e. The first-order valence-corrected chi connectivity index (χ1v) is 8.53. The predicted molar refractivity (Wildman–Crippen MR) is 88.7 cm³/mol. The summed E-state index contributed by atoms with van der Waals surface area (Å²) < 4.78 is 2.25. The summed E-state index contributed by atoms with van der Waals surface area (Å²) >= 11 is 0. The van der Waals surface area contributed by atoms with E-state index in [1.165, 1.54) is 38.6 Å². The molecule has 0 bridgehead atoms. The fraction of sp³-hybridized carbons (Fsp3) is 0.647. The summed E-state index contributed by atoms with van der Waals surface area (Å²) in [5.41, 5.74) is 1.04. The number of hydrogen-bond donors (Lipinski definition) is 1. The lowest BCUT2D eigenvalue weighted by atomic mass is 10.1. The van der Waals surface area contributed by atoms with Gasteiger partial charge in [-0.15, -0.1) is 0 Å². The predicted octanol–water partition coefficient (Wildman–Crippen LogP) is 3.10. The van der Waals surface area contributed by atoms with Crippen molar-refractivity contribution in [3.63, 3.8) is 0 Å². The van der Waals surface area contributed by atoms with Crippen molar-refractivity contribution in [3.8, 4) is 11.5 Å². The molecule has 1 unspecified atom stereocenters. The summed E-state index contributed by atoms with van der Waals surface area (Å²) in [5.74, 6) is 2.08. The molecule has 5 nitrogen and oxygen atoms in total. The van der Waals surface area contributed by atoms with Gasteiger partial charge in [0.15, 0.2) is 5.82 Å². The van der Waals surface area contributed by atoms with Gasteiger partial charge in [-0.05, 0) is 39.3 Å². The van der Waals surface area contributed by atoms with Gasteiger partial charge in [-0.1, -0.05) is 13.3 Å². The molecule has 2 aromatic heterocycles. The van der Waals surface area contributed by atoms with Crippen molar-refractivity contribution >= 4 is 0 Å². The number of aryl methyl sites for hydroxylation is 2. The third kappa shape index (κ3) is 3.40. The van der Waals surface area contributed by atoms with Gasteiger partial charge in [-0.3, -0.25) is 0 Å². The van der Waals surface area contributed by atoms with Crippen LogP contribution in [-0.4, -0.2) is 44.1 Å². The second-order valence-corrected chi connectivity index (χ2v) is 6.36. The third-order valence-corrected chi connectivity index (χ3v) is 4.73. The molecule has 3 heterocycles. The lowest BCUT2D eigenvalue weighted by molar-refractivity contribution is 0.286. The van der Waals surface area contributed by atoms with Crippen molar-refractivity contribution < 1.29 is 0 Å². The molecule has 1 atom stereocenters. The molecular weight excluding hydrogens is 274 g/mol. The molecule has 1 fully saturated rings. The average Bonchev–Trinajstić information content (AvgIpc) is 3.23. The molecule has 0 aromatic carbocycles. The highest BCUT2D eigenvalue weighted by Gasteiger charge is 2.20. The molecule has 0 spiro atoms. The molecule has 0 aliphatic carbocycles. The van der Waals surface area contributed by atoms with Crippen LogP contribution in [0, 0.1) is 0 Å². The van der Waals surface area contributed by atoms with Gasteiger partial charge in [-0.2, -0.15) is 0 Å². The SMILES string of the molecule is CCCCc1ncc(-c2nccn2CCC2CCCN2C)[nH]1. The zero-order valence-corrected chi connectivity index (χ0v) is 13.8. The zero-order chi connectivity index (χ0) is 15.4. The van der Waals surface area contributed by atoms with E-state index in [9.17, 15) is 0 Å². The van der Waals surface area contributed by atoms with Gasteiger partial charge in [-0.25, -0.2) is 9.97 Å². The van der Waals surface area contributed by atoms with E-state index >= 15 is 0 Å². The number of aromatic amines is 1. The minimum Gasteiger partial charge on any atom is -0.339 e. The molecule has 5 heteroatoms. The topological polar surface area (TPSA) is 49.7 Å². The lowest BCUT2D eigenvalue weighted by Crippen LogP contribution is -2.26. The monoisotopic (exact) mass is 301 g/mol. The standard InChI is InChI=1S/C17H27N5/c1-3-4-7-16-19-13-15(20-16)17-18-9-12-22(17)11-8-14-6-5-10-21(14)2/h9,12-14H,3-8,10-11H2,1-2H3,(H,19,20). The van der Waals surface area contributed by atoms with Crippen LogP contribution in [0.5, 0.6) is 0 Å². The van der Waals surface area contributed by atoms with E-state index in [2.05, 4.69) is 44.6 Å². The van der Waals surface area contributed by atoms with Crippen LogP contribution >= 0.6 is 0 Å². The van der Waals surface area contributed by atoms with E-state index in [0.717, 1.165) is 36.4 Å². The Kier molecular flexibility index (Phi) is 4.93. The fourth-order valence-corrected chi connectivity index (χ4v) is 3.31. The van der Waals surface area contributed by atoms with Gasteiger partial charge in [0.1, 0.15) is 11.5 Å². The van der Waals surface area contributed by atoms with Crippen LogP contribution in [0.25, 0.3) is 11.5 Å². The van der Waals surface area contributed by atoms with Crippen LogP contribution in [0.1, 0.15) is 44.9 Å². The van der Waals surface area contributed by atoms with Gasteiger partial charge in [0, 0.05) is 31.4 Å². The lowest BCUT2D eigenvalue weighted by Gasteiger charge is -2.19. The van der Waals surface area contributed by atoms with Crippen LogP contribution in [0.2, 0.25) is 0 Å². The fourth-order valence-electron chi connectivity index (χ4n) is 3.31. The Labute approximate surface area is 132 Å². The zero-order valence-electron chi connectivity index (χ0n) is 13.8. The van der Waals surface area contributed by atoms with E-state index in [4.69, 9.17) is 0 Å². The van der Waals surface area contributed by atoms with E-state index in [0.29, 0.717) is 0 Å². The van der Waals surface area contributed by atoms with Crippen molar-refractivity contribution in [2.75, 3.05) is 13.6 Å². The first kappa shape index (κ1) is 15.3. The summed E-state index contributed by atoms with van der Waals surface area (Å²) in [6.07, 6.45) is 13.1. The third-order valence-electron chi connectivity index (χ3n) is 4.73. The molecule has 22 heavy (non-hydrogen) atoms. The van der Waals surface area contributed by atoms with Crippen LogP contribution in [0.4, 0.5) is 0 Å². The average molecular weight is 301 g/mol. The quantitative estimate of drug-likeness (QED) is 0.855. The van der Waals surface area contributed by atoms with Gasteiger partial charge in [0.25, 0.3) is 0 Å². The number of H-pyrrole nitrogens is 1. The highest BCUT2D eigenvalue weighted by molar-refractivity contribution is 5.48. The first-order chi connectivity index (χ1) is 10.8. The van der Waals surface area contributed by atoms with Crippen molar-refractivity contribution in [3.05, 3.63) is 24.4 Å². The number of aromatic nitrogens is 4. The Morgan fingerprint density at radius 2 is 2.27 bits per heavy atom. The Bertz CT molecular complexity index is 585. The van der Waals surface area contributed by atoms with Crippen LogP contribution in [0.15, 0.2) is 18.6 Å². The number of unbranched alkanes of at least 4 members (excludes halogenated alkanes) is 1. The van der Waals surface area contributed by atoms with E-state index in [1.54, 1.807) is 0 Å². The number of nitrogens with one attached hydrogen (secondary N) is 1. The first-order valence-electron chi connectivity index (χ1n) is 8.53. The number of likely N-dealkylation sites (tertiary alicyclic amines) is 1. The number of imidazole rings is 2. The summed E-state index contributed by atoms with van der Waals surface area (Å²) in [4.78, 5) is 14.9.